The predicted octanol–water partition coefficient (Wildman–Crippen LogP) is 5.94. The molecule has 0 atom stereocenters. The molecule has 0 saturated heterocycles. The van der Waals surface area contributed by atoms with Gasteiger partial charge in [0.2, 0.25) is 5.91 Å². The van der Waals surface area contributed by atoms with Crippen molar-refractivity contribution in [2.45, 2.75) is 6.92 Å². The molecule has 0 spiro atoms. The van der Waals surface area contributed by atoms with E-state index in [1.807, 2.05) is 42.5 Å². The molecule has 2 heterocycles. The Morgan fingerprint density at radius 1 is 0.931 bits per heavy atom. The lowest BCUT2D eigenvalue weighted by atomic mass is 10.1. The van der Waals surface area contributed by atoms with Crippen molar-refractivity contribution >= 4 is 61.4 Å². The van der Waals surface area contributed by atoms with E-state index in [0.29, 0.717) is 16.9 Å². The van der Waals surface area contributed by atoms with Gasteiger partial charge in [-0.2, -0.15) is 0 Å². The number of fused-ring (bicyclic) bond motifs is 1. The van der Waals surface area contributed by atoms with Crippen molar-refractivity contribution in [3.8, 4) is 10.6 Å². The highest BCUT2D eigenvalue weighted by Crippen LogP contribution is 2.32. The second-order valence-electron chi connectivity index (χ2n) is 6.39. The summed E-state index contributed by atoms with van der Waals surface area (Å²) < 4.78 is 1.01. The van der Waals surface area contributed by atoms with Crippen LogP contribution in [-0.2, 0) is 4.79 Å². The zero-order chi connectivity index (χ0) is 20.4. The van der Waals surface area contributed by atoms with Crippen molar-refractivity contribution in [3.05, 3.63) is 76.1 Å². The molecule has 5 nitrogen and oxygen atoms in total. The molecule has 4 rings (SSSR count). The van der Waals surface area contributed by atoms with Gasteiger partial charge in [0.05, 0.1) is 25.4 Å². The number of halogens is 1. The van der Waals surface area contributed by atoms with Crippen LogP contribution in [0.25, 0.3) is 21.5 Å². The highest BCUT2D eigenvalue weighted by atomic mass is 79.9. The Morgan fingerprint density at radius 3 is 2.28 bits per heavy atom. The summed E-state index contributed by atoms with van der Waals surface area (Å²) in [7, 11) is 0. The second-order valence-corrected chi connectivity index (χ2v) is 8.85. The van der Waals surface area contributed by atoms with Crippen molar-refractivity contribution in [3.63, 3.8) is 0 Å². The van der Waals surface area contributed by atoms with E-state index in [4.69, 9.17) is 4.98 Å². The molecule has 29 heavy (non-hydrogen) atoms. The van der Waals surface area contributed by atoms with Crippen LogP contribution in [0.3, 0.4) is 0 Å². The highest BCUT2D eigenvalue weighted by molar-refractivity contribution is 9.11. The summed E-state index contributed by atoms with van der Waals surface area (Å²) in [5, 5.41) is 6.43. The number of rotatable bonds is 4. The Hall–Kier alpha value is -3.03. The molecule has 0 saturated carbocycles. The number of carbonyl (C=O) groups is 2. The Morgan fingerprint density at radius 2 is 1.62 bits per heavy atom. The summed E-state index contributed by atoms with van der Waals surface area (Å²) in [4.78, 5) is 29.9. The fraction of sp³-hybridized carbons (Fsp3) is 0.0455. The Balaban J connectivity index is 1.68. The van der Waals surface area contributed by atoms with Crippen molar-refractivity contribution < 1.29 is 9.59 Å². The van der Waals surface area contributed by atoms with Gasteiger partial charge in [0.25, 0.3) is 5.91 Å². The zero-order valence-corrected chi connectivity index (χ0v) is 17.8. The lowest BCUT2D eigenvalue weighted by molar-refractivity contribution is -0.114. The third-order valence-electron chi connectivity index (χ3n) is 4.25. The van der Waals surface area contributed by atoms with E-state index in [9.17, 15) is 9.59 Å². The van der Waals surface area contributed by atoms with Gasteiger partial charge in [0, 0.05) is 23.7 Å². The maximum atomic E-state index is 13.1. The fourth-order valence-corrected chi connectivity index (χ4v) is 4.33. The minimum absolute atomic E-state index is 0.141. The number of para-hydroxylation sites is 1. The van der Waals surface area contributed by atoms with Crippen LogP contribution in [0.2, 0.25) is 0 Å². The first-order valence-electron chi connectivity index (χ1n) is 8.84. The molecule has 2 N–H and O–H groups in total. The molecule has 0 aliphatic carbocycles. The van der Waals surface area contributed by atoms with Crippen LogP contribution in [0.5, 0.6) is 0 Å². The van der Waals surface area contributed by atoms with E-state index in [-0.39, 0.29) is 11.8 Å². The number of nitrogens with one attached hydrogen (secondary N) is 2. The maximum Gasteiger partial charge on any atom is 0.256 e. The molecule has 7 heteroatoms. The average Bonchev–Trinajstić information content (AvgIpc) is 3.14. The van der Waals surface area contributed by atoms with Gasteiger partial charge in [-0.15, -0.1) is 11.3 Å². The Bertz CT molecular complexity index is 1220. The van der Waals surface area contributed by atoms with E-state index < -0.39 is 0 Å². The van der Waals surface area contributed by atoms with E-state index in [0.717, 1.165) is 25.3 Å². The van der Waals surface area contributed by atoms with Gasteiger partial charge in [0.15, 0.2) is 0 Å². The molecule has 144 valence electrons. The van der Waals surface area contributed by atoms with E-state index >= 15 is 0 Å². The molecule has 4 aromatic rings. The van der Waals surface area contributed by atoms with Crippen molar-refractivity contribution in [2.75, 3.05) is 10.6 Å². The molecule has 0 radical (unpaired) electrons. The first-order valence-corrected chi connectivity index (χ1v) is 10.4. The molecular formula is C22H16BrN3O2S. The van der Waals surface area contributed by atoms with Crippen LogP contribution in [0.15, 0.2) is 70.5 Å². The number of aromatic nitrogens is 1. The van der Waals surface area contributed by atoms with Crippen molar-refractivity contribution in [1.82, 2.24) is 4.98 Å². The number of hydrogen-bond acceptors (Lipinski definition) is 4. The molecule has 0 bridgehead atoms. The zero-order valence-electron chi connectivity index (χ0n) is 15.4. The van der Waals surface area contributed by atoms with Crippen LogP contribution in [0.4, 0.5) is 11.4 Å². The van der Waals surface area contributed by atoms with Gasteiger partial charge in [-0.05, 0) is 64.5 Å². The Labute approximate surface area is 179 Å². The van der Waals surface area contributed by atoms with Crippen LogP contribution in [0, 0.1) is 0 Å². The normalized spacial score (nSPS) is 10.7. The summed E-state index contributed by atoms with van der Waals surface area (Å²) >= 11 is 5.04. The van der Waals surface area contributed by atoms with Crippen LogP contribution < -0.4 is 10.6 Å². The average molecular weight is 466 g/mol. The number of nitrogens with zero attached hydrogens (tertiary/aromatic N) is 1. The SMILES string of the molecule is CC(=O)Nc1ccc(NC(=O)c2cc(-c3ccc(Br)s3)nc3ccccc23)cc1. The van der Waals surface area contributed by atoms with Crippen molar-refractivity contribution in [1.29, 1.82) is 0 Å². The number of amides is 2. The molecule has 2 amide bonds. The maximum absolute atomic E-state index is 13.1. The van der Waals surface area contributed by atoms with Gasteiger partial charge in [-0.1, -0.05) is 18.2 Å². The topological polar surface area (TPSA) is 71.1 Å². The molecule has 0 unspecified atom stereocenters. The smallest absolute Gasteiger partial charge is 0.256 e. The molecule has 0 aliphatic rings. The number of thiophene rings is 1. The van der Waals surface area contributed by atoms with E-state index in [1.54, 1.807) is 35.6 Å². The summed E-state index contributed by atoms with van der Waals surface area (Å²) in [6, 6.07) is 20.4. The molecule has 0 aliphatic heterocycles. The lowest BCUT2D eigenvalue weighted by Crippen LogP contribution is -2.13. The van der Waals surface area contributed by atoms with Gasteiger partial charge in [0.1, 0.15) is 0 Å². The van der Waals surface area contributed by atoms with Gasteiger partial charge >= 0.3 is 0 Å². The largest absolute Gasteiger partial charge is 0.326 e. The van der Waals surface area contributed by atoms with Crippen LogP contribution in [0.1, 0.15) is 17.3 Å². The number of hydrogen-bond donors (Lipinski definition) is 2. The first kappa shape index (κ1) is 19.3. The fourth-order valence-electron chi connectivity index (χ4n) is 2.98. The van der Waals surface area contributed by atoms with Crippen LogP contribution >= 0.6 is 27.3 Å². The van der Waals surface area contributed by atoms with Gasteiger partial charge in [-0.3, -0.25) is 9.59 Å². The summed E-state index contributed by atoms with van der Waals surface area (Å²) in [5.74, 6) is -0.356. The van der Waals surface area contributed by atoms with Crippen molar-refractivity contribution in [2.24, 2.45) is 0 Å². The number of pyridine rings is 1. The first-order chi connectivity index (χ1) is 14.0. The van der Waals surface area contributed by atoms with Gasteiger partial charge in [-0.25, -0.2) is 4.98 Å². The molecular weight excluding hydrogens is 450 g/mol. The molecule has 2 aromatic heterocycles. The summed E-state index contributed by atoms with van der Waals surface area (Å²) in [5.41, 5.74) is 3.40. The monoisotopic (exact) mass is 465 g/mol. The lowest BCUT2D eigenvalue weighted by Gasteiger charge is -2.10. The third-order valence-corrected chi connectivity index (χ3v) is 5.90. The third kappa shape index (κ3) is 4.36. The number of anilines is 2. The quantitative estimate of drug-likeness (QED) is 0.391. The number of benzene rings is 2. The van der Waals surface area contributed by atoms with Gasteiger partial charge < -0.3 is 10.6 Å². The highest BCUT2D eigenvalue weighted by Gasteiger charge is 2.15. The number of carbonyl (C=O) groups excluding carboxylic acids is 2. The van der Waals surface area contributed by atoms with E-state index in [2.05, 4.69) is 26.6 Å². The van der Waals surface area contributed by atoms with E-state index in [1.165, 1.54) is 6.92 Å². The standard InChI is InChI=1S/C22H16BrN3O2S/c1-13(27)24-14-6-8-15(9-7-14)25-22(28)17-12-19(20-10-11-21(23)29-20)26-18-5-3-2-4-16(17)18/h2-12H,1H3,(H,24,27)(H,25,28). The minimum atomic E-state index is -0.215. The Kier molecular flexibility index (Phi) is 5.42. The predicted molar refractivity (Wildman–Crippen MR) is 121 cm³/mol. The summed E-state index contributed by atoms with van der Waals surface area (Å²) in [6.45, 7) is 1.45. The minimum Gasteiger partial charge on any atom is -0.326 e. The van der Waals surface area contributed by atoms with Crippen LogP contribution in [-0.4, -0.2) is 16.8 Å². The summed E-state index contributed by atoms with van der Waals surface area (Å²) in [6.07, 6.45) is 0. The molecule has 2 aromatic carbocycles. The molecule has 0 fully saturated rings. The second kappa shape index (κ2) is 8.14.